The summed E-state index contributed by atoms with van der Waals surface area (Å²) in [4.78, 5) is 12.4. The van der Waals surface area contributed by atoms with E-state index >= 15 is 0 Å². The highest BCUT2D eigenvalue weighted by molar-refractivity contribution is 6.21. The van der Waals surface area contributed by atoms with Crippen LogP contribution in [0.1, 0.15) is 11.1 Å². The second kappa shape index (κ2) is 8.80. The Morgan fingerprint density at radius 1 is 0.808 bits per heavy atom. The molecule has 0 atom stereocenters. The number of carbonyl (C=O) groups excluding carboxylic acids is 1. The monoisotopic (exact) mass is 358 g/mol. The number of ether oxygens (including phenoxy) is 5. The van der Waals surface area contributed by atoms with Crippen LogP contribution < -0.4 is 18.9 Å². The van der Waals surface area contributed by atoms with E-state index in [-0.39, 0.29) is 0 Å². The minimum atomic E-state index is -0.477. The van der Waals surface area contributed by atoms with Crippen molar-refractivity contribution in [2.24, 2.45) is 0 Å². The molecule has 0 saturated carbocycles. The summed E-state index contributed by atoms with van der Waals surface area (Å²) in [7, 11) is 7.50. The Bertz CT molecular complexity index is 767. The van der Waals surface area contributed by atoms with Crippen molar-refractivity contribution in [3.05, 3.63) is 47.5 Å². The Balaban J connectivity index is 2.59. The first-order valence-corrected chi connectivity index (χ1v) is 7.82. The lowest BCUT2D eigenvalue weighted by Gasteiger charge is -2.15. The third-order valence-corrected chi connectivity index (χ3v) is 3.81. The van der Waals surface area contributed by atoms with Crippen molar-refractivity contribution < 1.29 is 28.5 Å². The molecule has 0 aliphatic heterocycles. The fourth-order valence-corrected chi connectivity index (χ4v) is 2.47. The van der Waals surface area contributed by atoms with E-state index in [4.69, 9.17) is 23.7 Å². The van der Waals surface area contributed by atoms with Crippen LogP contribution in [0.2, 0.25) is 0 Å². The van der Waals surface area contributed by atoms with E-state index in [9.17, 15) is 4.79 Å². The maximum Gasteiger partial charge on any atom is 0.338 e. The molecule has 0 aliphatic carbocycles. The Kier molecular flexibility index (Phi) is 6.49. The molecule has 6 nitrogen and oxygen atoms in total. The molecule has 26 heavy (non-hydrogen) atoms. The van der Waals surface area contributed by atoms with Gasteiger partial charge in [-0.3, -0.25) is 0 Å². The number of hydrogen-bond acceptors (Lipinski definition) is 6. The zero-order valence-corrected chi connectivity index (χ0v) is 15.5. The van der Waals surface area contributed by atoms with Crippen LogP contribution in [0.3, 0.4) is 0 Å². The summed E-state index contributed by atoms with van der Waals surface area (Å²) in [5.41, 5.74) is 1.76. The fourth-order valence-electron chi connectivity index (χ4n) is 2.47. The molecule has 0 bridgehead atoms. The van der Waals surface area contributed by atoms with Gasteiger partial charge in [0.25, 0.3) is 0 Å². The van der Waals surface area contributed by atoms with Gasteiger partial charge in [0.2, 0.25) is 5.75 Å². The van der Waals surface area contributed by atoms with Gasteiger partial charge in [0.1, 0.15) is 5.75 Å². The number of hydrogen-bond donors (Lipinski definition) is 0. The van der Waals surface area contributed by atoms with Crippen LogP contribution in [-0.4, -0.2) is 41.5 Å². The first-order chi connectivity index (χ1) is 12.6. The highest BCUT2D eigenvalue weighted by Gasteiger charge is 2.19. The molecule has 0 unspecified atom stereocenters. The molecule has 0 amide bonds. The molecular formula is C20H22O6. The molecule has 0 fully saturated rings. The van der Waals surface area contributed by atoms with Gasteiger partial charge in [0.15, 0.2) is 11.5 Å². The Morgan fingerprint density at radius 2 is 1.38 bits per heavy atom. The molecule has 0 radical (unpaired) electrons. The molecule has 0 heterocycles. The summed E-state index contributed by atoms with van der Waals surface area (Å²) in [6.07, 6.45) is 1.73. The summed E-state index contributed by atoms with van der Waals surface area (Å²) >= 11 is 0. The molecule has 138 valence electrons. The van der Waals surface area contributed by atoms with Crippen LogP contribution in [0.25, 0.3) is 11.6 Å². The van der Waals surface area contributed by atoms with Crippen LogP contribution in [0, 0.1) is 0 Å². The van der Waals surface area contributed by atoms with Gasteiger partial charge in [0.05, 0.1) is 41.1 Å². The van der Waals surface area contributed by atoms with Crippen LogP contribution in [0.5, 0.6) is 23.0 Å². The second-order valence-corrected chi connectivity index (χ2v) is 5.24. The minimum Gasteiger partial charge on any atom is -0.497 e. The summed E-state index contributed by atoms with van der Waals surface area (Å²) in [6.45, 7) is 0. The topological polar surface area (TPSA) is 63.2 Å². The average molecular weight is 358 g/mol. The lowest BCUT2D eigenvalue weighted by Crippen LogP contribution is -2.05. The predicted octanol–water partition coefficient (Wildman–Crippen LogP) is 3.43. The van der Waals surface area contributed by atoms with Crippen LogP contribution >= 0.6 is 0 Å². The quantitative estimate of drug-likeness (QED) is 0.429. The maximum atomic E-state index is 12.4. The predicted molar refractivity (Wildman–Crippen MR) is 99.0 cm³/mol. The lowest BCUT2D eigenvalue weighted by molar-refractivity contribution is -0.133. The second-order valence-electron chi connectivity index (χ2n) is 5.24. The summed E-state index contributed by atoms with van der Waals surface area (Å²) in [5, 5.41) is 0. The fraction of sp³-hybridized carbons (Fsp3) is 0.250. The first kappa shape index (κ1) is 19.2. The Morgan fingerprint density at radius 3 is 1.81 bits per heavy atom. The molecule has 2 rings (SSSR count). The van der Waals surface area contributed by atoms with Gasteiger partial charge >= 0.3 is 5.97 Å². The van der Waals surface area contributed by atoms with Crippen LogP contribution in [0.4, 0.5) is 0 Å². The number of benzene rings is 2. The van der Waals surface area contributed by atoms with Crippen molar-refractivity contribution in [2.75, 3.05) is 35.5 Å². The third-order valence-electron chi connectivity index (χ3n) is 3.81. The van der Waals surface area contributed by atoms with E-state index < -0.39 is 5.97 Å². The van der Waals surface area contributed by atoms with Gasteiger partial charge in [-0.1, -0.05) is 12.1 Å². The van der Waals surface area contributed by atoms with E-state index in [1.54, 1.807) is 25.3 Å². The number of esters is 1. The van der Waals surface area contributed by atoms with Crippen molar-refractivity contribution in [1.82, 2.24) is 0 Å². The van der Waals surface area contributed by atoms with Crippen molar-refractivity contribution in [1.29, 1.82) is 0 Å². The Hall–Kier alpha value is -3.15. The molecule has 6 heteroatoms. The van der Waals surface area contributed by atoms with Gasteiger partial charge in [0, 0.05) is 0 Å². The summed E-state index contributed by atoms with van der Waals surface area (Å²) in [6, 6.07) is 10.7. The normalized spacial score (nSPS) is 10.9. The van der Waals surface area contributed by atoms with E-state index in [0.29, 0.717) is 28.4 Å². The molecule has 2 aromatic rings. The summed E-state index contributed by atoms with van der Waals surface area (Å²) < 4.78 is 26.1. The maximum absolute atomic E-state index is 12.4. The minimum absolute atomic E-state index is 0.358. The summed E-state index contributed by atoms with van der Waals surface area (Å²) in [5.74, 6) is 1.61. The van der Waals surface area contributed by atoms with Crippen molar-refractivity contribution in [3.63, 3.8) is 0 Å². The Labute approximate surface area is 152 Å². The zero-order valence-electron chi connectivity index (χ0n) is 15.5. The van der Waals surface area contributed by atoms with Crippen molar-refractivity contribution >= 4 is 17.6 Å². The molecule has 2 aromatic carbocycles. The van der Waals surface area contributed by atoms with Crippen LogP contribution in [0.15, 0.2) is 36.4 Å². The van der Waals surface area contributed by atoms with E-state index in [2.05, 4.69) is 0 Å². The zero-order chi connectivity index (χ0) is 19.1. The van der Waals surface area contributed by atoms with Gasteiger partial charge in [-0.25, -0.2) is 4.79 Å². The molecule has 0 aliphatic rings. The van der Waals surface area contributed by atoms with E-state index in [0.717, 1.165) is 11.3 Å². The lowest BCUT2D eigenvalue weighted by atomic mass is 10.0. The first-order valence-electron chi connectivity index (χ1n) is 7.82. The van der Waals surface area contributed by atoms with Gasteiger partial charge in [-0.15, -0.1) is 0 Å². The molecule has 0 aromatic heterocycles. The largest absolute Gasteiger partial charge is 0.497 e. The smallest absolute Gasteiger partial charge is 0.338 e. The van der Waals surface area contributed by atoms with E-state index in [1.807, 2.05) is 24.3 Å². The number of carbonyl (C=O) groups is 1. The average Bonchev–Trinajstić information content (AvgIpc) is 2.70. The molecule has 0 spiro atoms. The molecule has 0 N–H and O–H groups in total. The van der Waals surface area contributed by atoms with Crippen molar-refractivity contribution in [2.45, 2.75) is 0 Å². The standard InChI is InChI=1S/C20H22O6/c1-22-15-8-6-13(7-9-15)10-16(20(21)26-5)14-11-17(23-2)19(25-4)18(12-14)24-3/h6-12H,1-5H3/b16-10-. The highest BCUT2D eigenvalue weighted by Crippen LogP contribution is 2.40. The number of methoxy groups -OCH3 is 5. The van der Waals surface area contributed by atoms with Gasteiger partial charge < -0.3 is 23.7 Å². The van der Waals surface area contributed by atoms with Crippen LogP contribution in [-0.2, 0) is 9.53 Å². The highest BCUT2D eigenvalue weighted by atomic mass is 16.5. The van der Waals surface area contributed by atoms with Gasteiger partial charge in [-0.2, -0.15) is 0 Å². The SMILES string of the molecule is COC(=O)/C(=C\c1ccc(OC)cc1)c1cc(OC)c(OC)c(OC)c1. The molecule has 0 saturated heterocycles. The van der Waals surface area contributed by atoms with Crippen molar-refractivity contribution in [3.8, 4) is 23.0 Å². The van der Waals surface area contributed by atoms with Gasteiger partial charge in [-0.05, 0) is 41.5 Å². The third kappa shape index (κ3) is 4.08. The van der Waals surface area contributed by atoms with E-state index in [1.165, 1.54) is 28.4 Å². The molecular weight excluding hydrogens is 336 g/mol. The number of rotatable bonds is 7.